The highest BCUT2D eigenvalue weighted by molar-refractivity contribution is 5.95. The largest absolute Gasteiger partial charge is 0.386 e. The van der Waals surface area contributed by atoms with Crippen LogP contribution in [0, 0.1) is 5.92 Å². The highest BCUT2D eigenvalue weighted by atomic mass is 16.3. The minimum Gasteiger partial charge on any atom is -0.386 e. The quantitative estimate of drug-likeness (QED) is 0.839. The van der Waals surface area contributed by atoms with Crippen LogP contribution < -0.4 is 5.32 Å². The molecule has 1 aromatic rings. The van der Waals surface area contributed by atoms with E-state index < -0.39 is 5.60 Å². The molecule has 2 heterocycles. The molecule has 3 aliphatic rings. The molecule has 19 heavy (non-hydrogen) atoms. The Kier molecular flexibility index (Phi) is 2.22. The fourth-order valence-corrected chi connectivity index (χ4v) is 3.26. The van der Waals surface area contributed by atoms with Crippen LogP contribution in [0.3, 0.4) is 0 Å². The molecule has 1 amide bonds. The normalized spacial score (nSPS) is 23.5. The molecule has 0 bridgehead atoms. The van der Waals surface area contributed by atoms with E-state index >= 15 is 0 Å². The zero-order valence-electron chi connectivity index (χ0n) is 10.9. The third-order valence-electron chi connectivity index (χ3n) is 4.62. The van der Waals surface area contributed by atoms with Gasteiger partial charge in [0.1, 0.15) is 5.60 Å². The fraction of sp³-hybridized carbons (Fsp3) is 0.533. The fourth-order valence-electron chi connectivity index (χ4n) is 3.26. The number of fused-ring (bicyclic) bond motifs is 1. The molecule has 0 atom stereocenters. The molecule has 100 valence electrons. The standard InChI is InChI=1S/C15H18N2O2/c18-14(17-8-15(19,9-17)12-2-3-12)11-1-4-13-10(7-11)5-6-16-13/h1,4,7,12,16,19H,2-3,5-6,8-9H2. The van der Waals surface area contributed by atoms with Crippen molar-refractivity contribution in [3.63, 3.8) is 0 Å². The molecular formula is C15H18N2O2. The van der Waals surface area contributed by atoms with Gasteiger partial charge in [0.05, 0.1) is 13.1 Å². The predicted octanol–water partition coefficient (Wildman–Crippen LogP) is 1.25. The molecule has 2 N–H and O–H groups in total. The summed E-state index contributed by atoms with van der Waals surface area (Å²) in [6.07, 6.45) is 3.22. The van der Waals surface area contributed by atoms with Crippen molar-refractivity contribution in [2.75, 3.05) is 25.0 Å². The number of hydrogen-bond acceptors (Lipinski definition) is 3. The lowest BCUT2D eigenvalue weighted by Gasteiger charge is -2.47. The summed E-state index contributed by atoms with van der Waals surface area (Å²) in [4.78, 5) is 14.1. The van der Waals surface area contributed by atoms with Gasteiger partial charge >= 0.3 is 0 Å². The van der Waals surface area contributed by atoms with Gasteiger partial charge in [0, 0.05) is 17.8 Å². The van der Waals surface area contributed by atoms with Crippen LogP contribution in [0.15, 0.2) is 18.2 Å². The molecule has 0 radical (unpaired) electrons. The average Bonchev–Trinajstić information content (AvgIpc) is 3.12. The molecule has 1 saturated heterocycles. The van der Waals surface area contributed by atoms with Crippen molar-refractivity contribution in [3.8, 4) is 0 Å². The van der Waals surface area contributed by atoms with Crippen molar-refractivity contribution < 1.29 is 9.90 Å². The summed E-state index contributed by atoms with van der Waals surface area (Å²) in [6, 6.07) is 5.86. The van der Waals surface area contributed by atoms with E-state index in [-0.39, 0.29) is 5.91 Å². The third-order valence-corrected chi connectivity index (χ3v) is 4.62. The Bertz CT molecular complexity index is 545. The summed E-state index contributed by atoms with van der Waals surface area (Å²) in [5.74, 6) is 0.487. The highest BCUT2D eigenvalue weighted by Gasteiger charge is 2.53. The summed E-state index contributed by atoms with van der Waals surface area (Å²) >= 11 is 0. The number of carbonyl (C=O) groups excluding carboxylic acids is 1. The first-order valence-electron chi connectivity index (χ1n) is 7.04. The van der Waals surface area contributed by atoms with Crippen molar-refractivity contribution in [1.82, 2.24) is 4.90 Å². The highest BCUT2D eigenvalue weighted by Crippen LogP contribution is 2.44. The Labute approximate surface area is 112 Å². The molecule has 2 aliphatic heterocycles. The number of β-amino-alcohol motifs (C(OH)–C–C–N with tert-alkyl or cyclic N) is 1. The van der Waals surface area contributed by atoms with Crippen LogP contribution in [0.25, 0.3) is 0 Å². The number of anilines is 1. The number of carbonyl (C=O) groups is 1. The van der Waals surface area contributed by atoms with Crippen LogP contribution >= 0.6 is 0 Å². The van der Waals surface area contributed by atoms with Crippen molar-refractivity contribution in [2.24, 2.45) is 5.92 Å². The molecule has 2 fully saturated rings. The lowest BCUT2D eigenvalue weighted by molar-refractivity contribution is -0.0958. The molecule has 4 nitrogen and oxygen atoms in total. The Morgan fingerprint density at radius 3 is 2.89 bits per heavy atom. The molecule has 0 unspecified atom stereocenters. The van der Waals surface area contributed by atoms with Crippen LogP contribution in [0.1, 0.15) is 28.8 Å². The maximum Gasteiger partial charge on any atom is 0.254 e. The number of nitrogens with zero attached hydrogens (tertiary/aromatic N) is 1. The van der Waals surface area contributed by atoms with Crippen LogP contribution in [0.5, 0.6) is 0 Å². The summed E-state index contributed by atoms with van der Waals surface area (Å²) in [5.41, 5.74) is 2.53. The van der Waals surface area contributed by atoms with E-state index in [4.69, 9.17) is 0 Å². The molecule has 4 rings (SSSR count). The van der Waals surface area contributed by atoms with Gasteiger partial charge in [-0.15, -0.1) is 0 Å². The Morgan fingerprint density at radius 1 is 1.37 bits per heavy atom. The molecule has 0 spiro atoms. The second-order valence-electron chi connectivity index (χ2n) is 6.09. The molecule has 1 aromatic carbocycles. The number of nitrogens with one attached hydrogen (secondary N) is 1. The Balaban J connectivity index is 1.49. The van der Waals surface area contributed by atoms with Gasteiger partial charge in [0.2, 0.25) is 0 Å². The van der Waals surface area contributed by atoms with E-state index in [1.165, 1.54) is 5.56 Å². The topological polar surface area (TPSA) is 52.6 Å². The van der Waals surface area contributed by atoms with Gasteiger partial charge in [-0.3, -0.25) is 4.79 Å². The van der Waals surface area contributed by atoms with Crippen molar-refractivity contribution >= 4 is 11.6 Å². The van der Waals surface area contributed by atoms with Gasteiger partial charge in [-0.25, -0.2) is 0 Å². The van der Waals surface area contributed by atoms with Crippen LogP contribution in [0.2, 0.25) is 0 Å². The average molecular weight is 258 g/mol. The van der Waals surface area contributed by atoms with E-state index in [9.17, 15) is 9.90 Å². The Hall–Kier alpha value is -1.55. The summed E-state index contributed by atoms with van der Waals surface area (Å²) < 4.78 is 0. The number of hydrogen-bond donors (Lipinski definition) is 2. The first-order chi connectivity index (χ1) is 9.16. The van der Waals surface area contributed by atoms with Gasteiger partial charge in [0.25, 0.3) is 5.91 Å². The first-order valence-corrected chi connectivity index (χ1v) is 7.04. The minimum absolute atomic E-state index is 0.0556. The minimum atomic E-state index is -0.589. The molecule has 4 heteroatoms. The number of rotatable bonds is 2. The third kappa shape index (κ3) is 1.74. The predicted molar refractivity (Wildman–Crippen MR) is 72.2 cm³/mol. The molecule has 0 aromatic heterocycles. The summed E-state index contributed by atoms with van der Waals surface area (Å²) in [6.45, 7) is 1.97. The van der Waals surface area contributed by atoms with Crippen molar-refractivity contribution in [1.29, 1.82) is 0 Å². The first kappa shape index (κ1) is 11.3. The van der Waals surface area contributed by atoms with Crippen LogP contribution in [-0.2, 0) is 6.42 Å². The van der Waals surface area contributed by atoms with Crippen LogP contribution in [0.4, 0.5) is 5.69 Å². The molecule has 1 saturated carbocycles. The second kappa shape index (κ2) is 3.73. The number of aliphatic hydroxyl groups is 1. The van der Waals surface area contributed by atoms with Gasteiger partial charge in [-0.1, -0.05) is 0 Å². The van der Waals surface area contributed by atoms with E-state index in [1.807, 2.05) is 18.2 Å². The summed E-state index contributed by atoms with van der Waals surface area (Å²) in [5, 5.41) is 13.6. The van der Waals surface area contributed by atoms with Gasteiger partial charge in [-0.2, -0.15) is 0 Å². The van der Waals surface area contributed by atoms with Gasteiger partial charge < -0.3 is 15.3 Å². The van der Waals surface area contributed by atoms with E-state index in [2.05, 4.69) is 5.32 Å². The lowest BCUT2D eigenvalue weighted by Crippen LogP contribution is -2.64. The zero-order chi connectivity index (χ0) is 13.0. The van der Waals surface area contributed by atoms with Gasteiger partial charge in [-0.05, 0) is 48.9 Å². The van der Waals surface area contributed by atoms with E-state index in [0.717, 1.165) is 37.1 Å². The number of amides is 1. The SMILES string of the molecule is O=C(c1ccc2c(c1)CCN2)N1CC(O)(C2CC2)C1. The maximum absolute atomic E-state index is 12.4. The lowest BCUT2D eigenvalue weighted by atomic mass is 9.88. The number of likely N-dealkylation sites (tertiary alicyclic amines) is 1. The smallest absolute Gasteiger partial charge is 0.254 e. The maximum atomic E-state index is 12.4. The Morgan fingerprint density at radius 2 is 2.16 bits per heavy atom. The second-order valence-corrected chi connectivity index (χ2v) is 6.09. The van der Waals surface area contributed by atoms with E-state index in [0.29, 0.717) is 19.0 Å². The van der Waals surface area contributed by atoms with E-state index in [1.54, 1.807) is 4.90 Å². The monoisotopic (exact) mass is 258 g/mol. The summed E-state index contributed by atoms with van der Waals surface area (Å²) in [7, 11) is 0. The van der Waals surface area contributed by atoms with Crippen molar-refractivity contribution in [3.05, 3.63) is 29.3 Å². The molecule has 1 aliphatic carbocycles. The molecular weight excluding hydrogens is 240 g/mol. The van der Waals surface area contributed by atoms with Crippen LogP contribution in [-0.4, -0.2) is 41.1 Å². The number of benzene rings is 1. The van der Waals surface area contributed by atoms with Crippen molar-refractivity contribution in [2.45, 2.75) is 24.9 Å². The van der Waals surface area contributed by atoms with Gasteiger partial charge in [0.15, 0.2) is 0 Å². The zero-order valence-corrected chi connectivity index (χ0v) is 10.9.